The Morgan fingerprint density at radius 2 is 1.79 bits per heavy atom. The third-order valence-electron chi connectivity index (χ3n) is 4.16. The van der Waals surface area contributed by atoms with Crippen LogP contribution in [-0.4, -0.2) is 20.7 Å². The molecule has 0 spiro atoms. The van der Waals surface area contributed by atoms with E-state index in [2.05, 4.69) is 40.2 Å². The molecule has 2 aromatic heterocycles. The van der Waals surface area contributed by atoms with E-state index < -0.39 is 23.1 Å². The second-order valence-electron chi connectivity index (χ2n) is 6.98. The van der Waals surface area contributed by atoms with Crippen LogP contribution in [-0.2, 0) is 6.42 Å². The first-order valence-corrected chi connectivity index (χ1v) is 8.88. The maximum atomic E-state index is 13.7. The van der Waals surface area contributed by atoms with Crippen LogP contribution in [0.1, 0.15) is 40.9 Å². The van der Waals surface area contributed by atoms with Gasteiger partial charge in [-0.2, -0.15) is 4.39 Å². The Morgan fingerprint density at radius 1 is 1.07 bits per heavy atom. The van der Waals surface area contributed by atoms with Crippen LogP contribution >= 0.6 is 0 Å². The average Bonchev–Trinajstić information content (AvgIpc) is 2.65. The number of carbonyl (C=O) groups excluding carboxylic acids is 1. The van der Waals surface area contributed by atoms with E-state index in [1.54, 1.807) is 0 Å². The van der Waals surface area contributed by atoms with Crippen LogP contribution in [0.3, 0.4) is 0 Å². The molecule has 0 aliphatic rings. The second kappa shape index (κ2) is 8.21. The van der Waals surface area contributed by atoms with Crippen molar-refractivity contribution in [3.05, 3.63) is 76.9 Å². The van der Waals surface area contributed by atoms with Crippen LogP contribution < -0.4 is 5.32 Å². The maximum absolute atomic E-state index is 13.7. The number of nitrogens with zero attached hydrogens (tertiary/aromatic N) is 3. The minimum Gasteiger partial charge on any atom is -0.324 e. The van der Waals surface area contributed by atoms with E-state index in [4.69, 9.17) is 0 Å². The highest BCUT2D eigenvalue weighted by atomic mass is 19.1. The molecule has 0 aliphatic heterocycles. The van der Waals surface area contributed by atoms with Crippen LogP contribution in [0.4, 0.5) is 20.4 Å². The topological polar surface area (TPSA) is 67.8 Å². The van der Waals surface area contributed by atoms with Crippen molar-refractivity contribution in [1.82, 2.24) is 15.0 Å². The van der Waals surface area contributed by atoms with Crippen LogP contribution in [0.2, 0.25) is 0 Å². The molecule has 0 atom stereocenters. The predicted molar refractivity (Wildman–Crippen MR) is 103 cm³/mol. The summed E-state index contributed by atoms with van der Waals surface area (Å²) >= 11 is 0. The Morgan fingerprint density at radius 3 is 2.43 bits per heavy atom. The Balaban J connectivity index is 1.76. The Hall–Kier alpha value is -3.22. The molecular weight excluding hydrogens is 362 g/mol. The molecule has 3 aromatic rings. The number of pyridine rings is 1. The van der Waals surface area contributed by atoms with Crippen molar-refractivity contribution in [3.63, 3.8) is 0 Å². The largest absolute Gasteiger partial charge is 0.324 e. The molecule has 0 saturated heterocycles. The van der Waals surface area contributed by atoms with Gasteiger partial charge >= 0.3 is 0 Å². The van der Waals surface area contributed by atoms with E-state index in [-0.39, 0.29) is 5.56 Å². The highest BCUT2D eigenvalue weighted by Crippen LogP contribution is 2.21. The van der Waals surface area contributed by atoms with Gasteiger partial charge in [0.1, 0.15) is 0 Å². The molecule has 28 heavy (non-hydrogen) atoms. The van der Waals surface area contributed by atoms with Gasteiger partial charge in [-0.05, 0) is 36.5 Å². The molecule has 3 rings (SSSR count). The summed E-state index contributed by atoms with van der Waals surface area (Å²) in [6.07, 6.45) is 4.22. The smallest absolute Gasteiger partial charge is 0.227 e. The Bertz CT molecular complexity index is 1000. The van der Waals surface area contributed by atoms with Gasteiger partial charge in [0.15, 0.2) is 11.6 Å². The molecule has 2 heterocycles. The quantitative estimate of drug-likeness (QED) is 0.497. The fraction of sp³-hybridized carbons (Fsp3) is 0.238. The van der Waals surface area contributed by atoms with Crippen molar-refractivity contribution in [1.29, 1.82) is 0 Å². The first-order chi connectivity index (χ1) is 13.3. The van der Waals surface area contributed by atoms with Gasteiger partial charge in [-0.1, -0.05) is 26.0 Å². The number of hydrogen-bond acceptors (Lipinski definition) is 5. The standard InChI is InChI=1S/C21H20F2N4O/c1-12(2)6-14-4-5-18(13(3)7-14)27-21-25-9-15(10-26-21)20(28)16-8-19(23)24-11-17(16)22/h4-5,7-12H,6H2,1-3H3,(H,25,26,27). The third-order valence-corrected chi connectivity index (χ3v) is 4.16. The van der Waals surface area contributed by atoms with Crippen molar-refractivity contribution < 1.29 is 13.6 Å². The molecule has 5 nitrogen and oxygen atoms in total. The van der Waals surface area contributed by atoms with E-state index in [0.29, 0.717) is 18.1 Å². The number of rotatable bonds is 6. The first-order valence-electron chi connectivity index (χ1n) is 8.88. The minimum atomic E-state index is -0.930. The lowest BCUT2D eigenvalue weighted by atomic mass is 10.0. The van der Waals surface area contributed by atoms with E-state index in [1.165, 1.54) is 18.0 Å². The zero-order valence-electron chi connectivity index (χ0n) is 15.8. The van der Waals surface area contributed by atoms with Gasteiger partial charge in [-0.3, -0.25) is 4.79 Å². The number of benzene rings is 1. The molecule has 0 amide bonds. The average molecular weight is 382 g/mol. The van der Waals surface area contributed by atoms with Crippen molar-refractivity contribution in [2.75, 3.05) is 5.32 Å². The number of hydrogen-bond donors (Lipinski definition) is 1. The molecule has 0 aliphatic carbocycles. The van der Waals surface area contributed by atoms with Gasteiger partial charge in [0.2, 0.25) is 11.9 Å². The first kappa shape index (κ1) is 19.5. The molecule has 0 fully saturated rings. The predicted octanol–water partition coefficient (Wildman–Crippen LogP) is 4.63. The summed E-state index contributed by atoms with van der Waals surface area (Å²) in [5.74, 6) is -1.66. The summed E-state index contributed by atoms with van der Waals surface area (Å²) in [4.78, 5) is 23.7. The lowest BCUT2D eigenvalue weighted by molar-refractivity contribution is 0.103. The number of aryl methyl sites for hydroxylation is 1. The molecule has 0 bridgehead atoms. The number of carbonyl (C=O) groups is 1. The van der Waals surface area contributed by atoms with E-state index in [0.717, 1.165) is 23.7 Å². The molecule has 7 heteroatoms. The summed E-state index contributed by atoms with van der Waals surface area (Å²) in [7, 11) is 0. The molecule has 0 unspecified atom stereocenters. The van der Waals surface area contributed by atoms with Crippen molar-refractivity contribution in [3.8, 4) is 0 Å². The Kier molecular flexibility index (Phi) is 5.73. The van der Waals surface area contributed by atoms with Crippen LogP contribution in [0.15, 0.2) is 42.9 Å². The Labute approximate surface area is 161 Å². The lowest BCUT2D eigenvalue weighted by Gasteiger charge is -2.11. The van der Waals surface area contributed by atoms with Gasteiger partial charge < -0.3 is 5.32 Å². The van der Waals surface area contributed by atoms with Gasteiger partial charge in [0.05, 0.1) is 17.3 Å². The molecule has 144 valence electrons. The SMILES string of the molecule is Cc1cc(CC(C)C)ccc1Nc1ncc(C(=O)c2cc(F)ncc2F)cn1. The van der Waals surface area contributed by atoms with Crippen LogP contribution in [0, 0.1) is 24.6 Å². The molecule has 0 radical (unpaired) electrons. The highest BCUT2D eigenvalue weighted by Gasteiger charge is 2.16. The van der Waals surface area contributed by atoms with Gasteiger partial charge in [-0.25, -0.2) is 19.3 Å². The summed E-state index contributed by atoms with van der Waals surface area (Å²) in [6, 6.07) is 6.88. The van der Waals surface area contributed by atoms with Crippen molar-refractivity contribution in [2.24, 2.45) is 5.92 Å². The second-order valence-corrected chi connectivity index (χ2v) is 6.98. The number of aromatic nitrogens is 3. The van der Waals surface area contributed by atoms with Gasteiger partial charge in [0.25, 0.3) is 0 Å². The molecule has 1 aromatic carbocycles. The monoisotopic (exact) mass is 382 g/mol. The zero-order chi connectivity index (χ0) is 20.3. The van der Waals surface area contributed by atoms with Crippen molar-refractivity contribution >= 4 is 17.4 Å². The summed E-state index contributed by atoms with van der Waals surface area (Å²) in [5.41, 5.74) is 2.81. The van der Waals surface area contributed by atoms with E-state index in [1.807, 2.05) is 19.1 Å². The van der Waals surface area contributed by atoms with E-state index >= 15 is 0 Å². The summed E-state index contributed by atoms with van der Waals surface area (Å²) < 4.78 is 26.9. The fourth-order valence-corrected chi connectivity index (χ4v) is 2.84. The van der Waals surface area contributed by atoms with Crippen LogP contribution in [0.25, 0.3) is 0 Å². The third kappa shape index (κ3) is 4.54. The number of anilines is 2. The number of nitrogens with one attached hydrogen (secondary N) is 1. The zero-order valence-corrected chi connectivity index (χ0v) is 15.8. The summed E-state index contributed by atoms with van der Waals surface area (Å²) in [5, 5.41) is 3.10. The minimum absolute atomic E-state index is 0.0547. The van der Waals surface area contributed by atoms with E-state index in [9.17, 15) is 13.6 Å². The number of halogens is 2. The molecule has 0 saturated carbocycles. The highest BCUT2D eigenvalue weighted by molar-refractivity contribution is 6.08. The molecule has 1 N–H and O–H groups in total. The maximum Gasteiger partial charge on any atom is 0.227 e. The van der Waals surface area contributed by atoms with Crippen molar-refractivity contribution in [2.45, 2.75) is 27.2 Å². The normalized spacial score (nSPS) is 10.9. The molecular formula is C21H20F2N4O. The summed E-state index contributed by atoms with van der Waals surface area (Å²) in [6.45, 7) is 6.33. The van der Waals surface area contributed by atoms with Gasteiger partial charge in [-0.15, -0.1) is 0 Å². The lowest BCUT2D eigenvalue weighted by Crippen LogP contribution is -2.08. The number of ketones is 1. The van der Waals surface area contributed by atoms with Crippen LogP contribution in [0.5, 0.6) is 0 Å². The van der Waals surface area contributed by atoms with Gasteiger partial charge in [0, 0.05) is 24.1 Å². The fourth-order valence-electron chi connectivity index (χ4n) is 2.84.